The monoisotopic (exact) mass is 589 g/mol. The van der Waals surface area contributed by atoms with Crippen molar-refractivity contribution in [1.82, 2.24) is 10.2 Å². The van der Waals surface area contributed by atoms with E-state index in [1.807, 2.05) is 51.1 Å². The molecule has 0 aliphatic heterocycles. The molecule has 0 aliphatic carbocycles. The van der Waals surface area contributed by atoms with Gasteiger partial charge in [-0.1, -0.05) is 85.6 Å². The van der Waals surface area contributed by atoms with Gasteiger partial charge < -0.3 is 10.2 Å². The first-order valence-corrected chi connectivity index (χ1v) is 14.9. The smallest absolute Gasteiger partial charge is 0.264 e. The summed E-state index contributed by atoms with van der Waals surface area (Å²) in [7, 11) is -4.18. The number of sulfonamides is 1. The Morgan fingerprint density at radius 3 is 2.05 bits per heavy atom. The number of amides is 2. The van der Waals surface area contributed by atoms with Gasteiger partial charge in [0.15, 0.2) is 0 Å². The van der Waals surface area contributed by atoms with Gasteiger partial charge in [-0.05, 0) is 55.7 Å². The molecule has 0 saturated heterocycles. The Bertz CT molecular complexity index is 1370. The standard InChI is InChI=1S/C29H33Cl2N3O4S/c1-4-21(3)32-29(36)27(5-2)33(19-22-12-8-6-9-13-22)28(35)20-34(23-16-17-25(30)26(31)18-23)39(37,38)24-14-10-7-11-15-24/h6-18,21,27H,4-5,19-20H2,1-3H3,(H,32,36)/t21-,27+/m1/s1. The van der Waals surface area contributed by atoms with Crippen LogP contribution in [0.1, 0.15) is 39.2 Å². The van der Waals surface area contributed by atoms with Crippen molar-refractivity contribution in [2.24, 2.45) is 0 Å². The highest BCUT2D eigenvalue weighted by Crippen LogP contribution is 2.31. The molecule has 0 radical (unpaired) electrons. The maximum Gasteiger partial charge on any atom is 0.264 e. The predicted molar refractivity (Wildman–Crippen MR) is 156 cm³/mol. The van der Waals surface area contributed by atoms with E-state index in [9.17, 15) is 18.0 Å². The van der Waals surface area contributed by atoms with Crippen LogP contribution in [-0.2, 0) is 26.2 Å². The fraction of sp³-hybridized carbons (Fsp3) is 0.310. The number of nitrogens with zero attached hydrogens (tertiary/aromatic N) is 2. The van der Waals surface area contributed by atoms with Crippen LogP contribution in [0.15, 0.2) is 83.8 Å². The van der Waals surface area contributed by atoms with Gasteiger partial charge in [-0.25, -0.2) is 8.42 Å². The van der Waals surface area contributed by atoms with E-state index in [0.717, 1.165) is 16.3 Å². The molecule has 0 aliphatic rings. The zero-order valence-electron chi connectivity index (χ0n) is 22.2. The number of hydrogen-bond donors (Lipinski definition) is 1. The summed E-state index contributed by atoms with van der Waals surface area (Å²) in [6.07, 6.45) is 1.08. The summed E-state index contributed by atoms with van der Waals surface area (Å²) in [6.45, 7) is 5.26. The molecule has 0 unspecified atom stereocenters. The van der Waals surface area contributed by atoms with E-state index in [2.05, 4.69) is 5.32 Å². The molecule has 0 heterocycles. The minimum atomic E-state index is -4.18. The molecule has 3 aromatic rings. The van der Waals surface area contributed by atoms with Crippen LogP contribution in [0.5, 0.6) is 0 Å². The number of carbonyl (C=O) groups excluding carboxylic acids is 2. The topological polar surface area (TPSA) is 86.8 Å². The van der Waals surface area contributed by atoms with Gasteiger partial charge in [0.1, 0.15) is 12.6 Å². The van der Waals surface area contributed by atoms with Crippen molar-refractivity contribution in [3.8, 4) is 0 Å². The molecule has 0 saturated carbocycles. The van der Waals surface area contributed by atoms with Crippen molar-refractivity contribution in [2.75, 3.05) is 10.8 Å². The second kappa shape index (κ2) is 13.8. The van der Waals surface area contributed by atoms with Crippen LogP contribution in [-0.4, -0.2) is 43.8 Å². The van der Waals surface area contributed by atoms with Gasteiger partial charge in [-0.2, -0.15) is 0 Å². The molecule has 10 heteroatoms. The fourth-order valence-corrected chi connectivity index (χ4v) is 5.75. The number of benzene rings is 3. The third-order valence-electron chi connectivity index (χ3n) is 6.38. The molecule has 2 atom stereocenters. The van der Waals surface area contributed by atoms with Crippen LogP contribution in [0.2, 0.25) is 10.0 Å². The van der Waals surface area contributed by atoms with Crippen molar-refractivity contribution >= 4 is 50.7 Å². The van der Waals surface area contributed by atoms with E-state index in [-0.39, 0.29) is 39.1 Å². The third kappa shape index (κ3) is 7.75. The van der Waals surface area contributed by atoms with E-state index < -0.39 is 28.5 Å². The van der Waals surface area contributed by atoms with Gasteiger partial charge in [0, 0.05) is 12.6 Å². The summed E-state index contributed by atoms with van der Waals surface area (Å²) >= 11 is 12.3. The predicted octanol–water partition coefficient (Wildman–Crippen LogP) is 5.91. The molecule has 0 aromatic heterocycles. The van der Waals surface area contributed by atoms with E-state index in [0.29, 0.717) is 6.42 Å². The molecular weight excluding hydrogens is 557 g/mol. The lowest BCUT2D eigenvalue weighted by atomic mass is 10.1. The minimum Gasteiger partial charge on any atom is -0.352 e. The summed E-state index contributed by atoms with van der Waals surface area (Å²) in [5.74, 6) is -0.821. The number of nitrogens with one attached hydrogen (secondary N) is 1. The van der Waals surface area contributed by atoms with Crippen molar-refractivity contribution < 1.29 is 18.0 Å². The van der Waals surface area contributed by atoms with Crippen LogP contribution >= 0.6 is 23.2 Å². The molecule has 3 aromatic carbocycles. The first-order chi connectivity index (χ1) is 18.6. The average molecular weight is 591 g/mol. The van der Waals surface area contributed by atoms with Crippen LogP contribution in [0, 0.1) is 0 Å². The summed E-state index contributed by atoms with van der Waals surface area (Å²) in [6, 6.07) is 20.6. The van der Waals surface area contributed by atoms with Gasteiger partial charge in [-0.3, -0.25) is 13.9 Å². The molecule has 0 fully saturated rings. The zero-order chi connectivity index (χ0) is 28.6. The lowest BCUT2D eigenvalue weighted by molar-refractivity contribution is -0.140. The number of hydrogen-bond acceptors (Lipinski definition) is 4. The molecule has 0 bridgehead atoms. The minimum absolute atomic E-state index is 0.0139. The van der Waals surface area contributed by atoms with Crippen LogP contribution < -0.4 is 9.62 Å². The van der Waals surface area contributed by atoms with E-state index >= 15 is 0 Å². The van der Waals surface area contributed by atoms with Crippen molar-refractivity contribution in [3.63, 3.8) is 0 Å². The molecule has 3 rings (SSSR count). The summed E-state index contributed by atoms with van der Waals surface area (Å²) in [5.41, 5.74) is 0.992. The molecule has 1 N–H and O–H groups in total. The first kappa shape index (κ1) is 30.5. The van der Waals surface area contributed by atoms with Crippen LogP contribution in [0.3, 0.4) is 0 Å². The number of halogens is 2. The van der Waals surface area contributed by atoms with Crippen LogP contribution in [0.4, 0.5) is 5.69 Å². The van der Waals surface area contributed by atoms with Gasteiger partial charge >= 0.3 is 0 Å². The van der Waals surface area contributed by atoms with Crippen molar-refractivity contribution in [3.05, 3.63) is 94.5 Å². The highest BCUT2D eigenvalue weighted by Gasteiger charge is 2.34. The SMILES string of the molecule is CC[C@@H](C)NC(=O)[C@H](CC)N(Cc1ccccc1)C(=O)CN(c1ccc(Cl)c(Cl)c1)S(=O)(=O)c1ccccc1. The summed E-state index contributed by atoms with van der Waals surface area (Å²) < 4.78 is 28.6. The highest BCUT2D eigenvalue weighted by atomic mass is 35.5. The van der Waals surface area contributed by atoms with E-state index in [4.69, 9.17) is 23.2 Å². The lowest BCUT2D eigenvalue weighted by Crippen LogP contribution is -2.53. The number of carbonyl (C=O) groups is 2. The largest absolute Gasteiger partial charge is 0.352 e. The Labute approximate surface area is 240 Å². The zero-order valence-corrected chi connectivity index (χ0v) is 24.5. The van der Waals surface area contributed by atoms with Gasteiger partial charge in [0.05, 0.1) is 20.6 Å². The van der Waals surface area contributed by atoms with E-state index in [1.54, 1.807) is 18.2 Å². The molecule has 208 valence electrons. The Kier molecular flexibility index (Phi) is 10.8. The van der Waals surface area contributed by atoms with Crippen molar-refractivity contribution in [2.45, 2.75) is 57.1 Å². The van der Waals surface area contributed by atoms with Gasteiger partial charge in [0.2, 0.25) is 11.8 Å². The van der Waals surface area contributed by atoms with Gasteiger partial charge in [0.25, 0.3) is 10.0 Å². The normalized spacial score (nSPS) is 12.8. The molecule has 7 nitrogen and oxygen atoms in total. The number of rotatable bonds is 12. The molecule has 0 spiro atoms. The van der Waals surface area contributed by atoms with Crippen LogP contribution in [0.25, 0.3) is 0 Å². The Morgan fingerprint density at radius 2 is 1.49 bits per heavy atom. The first-order valence-electron chi connectivity index (χ1n) is 12.7. The fourth-order valence-electron chi connectivity index (χ4n) is 4.03. The quantitative estimate of drug-likeness (QED) is 0.284. The molecule has 39 heavy (non-hydrogen) atoms. The lowest BCUT2D eigenvalue weighted by Gasteiger charge is -2.33. The summed E-state index contributed by atoms with van der Waals surface area (Å²) in [4.78, 5) is 28.7. The second-order valence-electron chi connectivity index (χ2n) is 9.17. The highest BCUT2D eigenvalue weighted by molar-refractivity contribution is 7.92. The maximum atomic E-state index is 14.0. The molecule has 2 amide bonds. The summed E-state index contributed by atoms with van der Waals surface area (Å²) in [5, 5.41) is 3.36. The Balaban J connectivity index is 2.06. The maximum absolute atomic E-state index is 14.0. The average Bonchev–Trinajstić information content (AvgIpc) is 2.93. The number of anilines is 1. The third-order valence-corrected chi connectivity index (χ3v) is 8.91. The Hall–Kier alpha value is -3.07. The van der Waals surface area contributed by atoms with Gasteiger partial charge in [-0.15, -0.1) is 0 Å². The van der Waals surface area contributed by atoms with E-state index in [1.165, 1.54) is 35.2 Å². The van der Waals surface area contributed by atoms with Crippen molar-refractivity contribution in [1.29, 1.82) is 0 Å². The molecular formula is C29H33Cl2N3O4S. The second-order valence-corrected chi connectivity index (χ2v) is 11.8. The Morgan fingerprint density at radius 1 is 0.872 bits per heavy atom.